The smallest absolute Gasteiger partial charge is 0.251 e. The number of rotatable bonds is 5. The molecule has 3 nitrogen and oxygen atoms in total. The van der Waals surface area contributed by atoms with Crippen LogP contribution in [-0.2, 0) is 0 Å². The third kappa shape index (κ3) is 3.33. The lowest BCUT2D eigenvalue weighted by atomic mass is 9.99. The zero-order chi connectivity index (χ0) is 20.1. The van der Waals surface area contributed by atoms with Gasteiger partial charge >= 0.3 is 0 Å². The number of carbonyl (C=O) groups excluding carboxylic acids is 1. The summed E-state index contributed by atoms with van der Waals surface area (Å²) in [5.41, 5.74) is 1.76. The standard InChI is InChI=1S/C24H24ClFN2O/c1-2-21(27-24(29)14-3-5-16(25)6-4-14)23-19-12-18(13-20(19)23)28-10-9-15-11-17(26)7-8-22(15)28/h3-11,18-21,23H,2,12-13H2,1H3,(H,27,29). The fraction of sp³-hybridized carbons (Fsp3) is 0.375. The van der Waals surface area contributed by atoms with Crippen LogP contribution in [0.15, 0.2) is 54.7 Å². The molecule has 5 heteroatoms. The molecular formula is C24H24ClFN2O. The van der Waals surface area contributed by atoms with Crippen LogP contribution in [0.3, 0.4) is 0 Å². The molecule has 2 aromatic carbocycles. The number of aromatic nitrogens is 1. The van der Waals surface area contributed by atoms with Crippen LogP contribution in [0.5, 0.6) is 0 Å². The molecular weight excluding hydrogens is 387 g/mol. The fourth-order valence-corrected chi connectivity index (χ4v) is 5.59. The van der Waals surface area contributed by atoms with Crippen molar-refractivity contribution in [2.24, 2.45) is 17.8 Å². The second-order valence-electron chi connectivity index (χ2n) is 8.45. The number of halogens is 2. The topological polar surface area (TPSA) is 34.0 Å². The largest absolute Gasteiger partial charge is 0.349 e. The van der Waals surface area contributed by atoms with E-state index in [0.29, 0.717) is 34.4 Å². The molecule has 0 radical (unpaired) electrons. The zero-order valence-corrected chi connectivity index (χ0v) is 17.1. The maximum Gasteiger partial charge on any atom is 0.251 e. The molecule has 2 saturated carbocycles. The van der Waals surface area contributed by atoms with Gasteiger partial charge in [0, 0.05) is 39.8 Å². The minimum absolute atomic E-state index is 0.0199. The lowest BCUT2D eigenvalue weighted by Crippen LogP contribution is -2.37. The number of carbonyl (C=O) groups is 1. The fourth-order valence-electron chi connectivity index (χ4n) is 5.46. The van der Waals surface area contributed by atoms with Crippen LogP contribution in [0.25, 0.3) is 10.9 Å². The van der Waals surface area contributed by atoms with Gasteiger partial charge in [-0.1, -0.05) is 18.5 Å². The van der Waals surface area contributed by atoms with E-state index in [-0.39, 0.29) is 17.8 Å². The molecule has 1 aromatic heterocycles. The van der Waals surface area contributed by atoms with Gasteiger partial charge in [0.25, 0.3) is 5.91 Å². The molecule has 3 unspecified atom stereocenters. The number of fused-ring (bicyclic) bond motifs is 2. The summed E-state index contributed by atoms with van der Waals surface area (Å²) >= 11 is 5.92. The Morgan fingerprint density at radius 3 is 2.59 bits per heavy atom. The van der Waals surface area contributed by atoms with E-state index in [1.807, 2.05) is 12.1 Å². The van der Waals surface area contributed by atoms with E-state index in [2.05, 4.69) is 23.0 Å². The van der Waals surface area contributed by atoms with E-state index in [4.69, 9.17) is 11.6 Å². The van der Waals surface area contributed by atoms with Crippen molar-refractivity contribution in [3.8, 4) is 0 Å². The van der Waals surface area contributed by atoms with Crippen LogP contribution < -0.4 is 5.32 Å². The predicted molar refractivity (Wildman–Crippen MR) is 114 cm³/mol. The van der Waals surface area contributed by atoms with E-state index in [0.717, 1.165) is 30.2 Å². The van der Waals surface area contributed by atoms with Gasteiger partial charge in [-0.3, -0.25) is 4.79 Å². The lowest BCUT2D eigenvalue weighted by Gasteiger charge is -2.23. The molecule has 0 aliphatic heterocycles. The molecule has 3 atom stereocenters. The van der Waals surface area contributed by atoms with Crippen LogP contribution in [0, 0.1) is 23.6 Å². The summed E-state index contributed by atoms with van der Waals surface area (Å²) in [5, 5.41) is 4.85. The van der Waals surface area contributed by atoms with Crippen LogP contribution in [0.4, 0.5) is 4.39 Å². The first-order valence-electron chi connectivity index (χ1n) is 10.4. The predicted octanol–water partition coefficient (Wildman–Crippen LogP) is 5.84. The van der Waals surface area contributed by atoms with Gasteiger partial charge in [-0.15, -0.1) is 0 Å². The SMILES string of the molecule is CCC(NC(=O)c1ccc(Cl)cc1)C1C2CC(n3ccc4cc(F)ccc43)CC21. The third-order valence-electron chi connectivity index (χ3n) is 6.89. The molecule has 2 aliphatic carbocycles. The first-order chi connectivity index (χ1) is 14.0. The highest BCUT2D eigenvalue weighted by atomic mass is 35.5. The first kappa shape index (κ1) is 18.7. The van der Waals surface area contributed by atoms with Crippen molar-refractivity contribution >= 4 is 28.4 Å². The number of amides is 1. The summed E-state index contributed by atoms with van der Waals surface area (Å²) in [7, 11) is 0. The Hall–Kier alpha value is -2.33. The first-order valence-corrected chi connectivity index (χ1v) is 10.8. The average Bonchev–Trinajstić information content (AvgIpc) is 3.06. The Kier molecular flexibility index (Phi) is 4.62. The molecule has 29 heavy (non-hydrogen) atoms. The highest BCUT2D eigenvalue weighted by molar-refractivity contribution is 6.30. The summed E-state index contributed by atoms with van der Waals surface area (Å²) in [5.74, 6) is 1.67. The van der Waals surface area contributed by atoms with Crippen LogP contribution in [0.1, 0.15) is 42.6 Å². The average molecular weight is 411 g/mol. The molecule has 0 saturated heterocycles. The molecule has 150 valence electrons. The molecule has 1 heterocycles. The quantitative estimate of drug-likeness (QED) is 0.563. The summed E-state index contributed by atoms with van der Waals surface area (Å²) in [4.78, 5) is 12.6. The van der Waals surface area contributed by atoms with Crippen LogP contribution >= 0.6 is 11.6 Å². The van der Waals surface area contributed by atoms with Gasteiger partial charge in [-0.2, -0.15) is 0 Å². The normalized spacial score (nSPS) is 26.3. The highest BCUT2D eigenvalue weighted by Gasteiger charge is 2.58. The Bertz CT molecular complexity index is 1050. The van der Waals surface area contributed by atoms with E-state index in [9.17, 15) is 9.18 Å². The summed E-state index contributed by atoms with van der Waals surface area (Å²) in [6.07, 6.45) is 5.29. The van der Waals surface area contributed by atoms with Crippen LogP contribution in [0.2, 0.25) is 5.02 Å². The molecule has 0 spiro atoms. The summed E-state index contributed by atoms with van der Waals surface area (Å²) in [6.45, 7) is 2.15. The zero-order valence-electron chi connectivity index (χ0n) is 16.3. The van der Waals surface area contributed by atoms with E-state index < -0.39 is 0 Å². The maximum atomic E-state index is 13.5. The van der Waals surface area contributed by atoms with Crippen molar-refractivity contribution in [3.63, 3.8) is 0 Å². The monoisotopic (exact) mass is 410 g/mol. The van der Waals surface area contributed by atoms with Gasteiger partial charge < -0.3 is 9.88 Å². The molecule has 2 fully saturated rings. The van der Waals surface area contributed by atoms with E-state index >= 15 is 0 Å². The maximum absolute atomic E-state index is 13.5. The Labute approximate surface area is 174 Å². The molecule has 2 aliphatic rings. The van der Waals surface area contributed by atoms with Crippen molar-refractivity contribution < 1.29 is 9.18 Å². The highest BCUT2D eigenvalue weighted by Crippen LogP contribution is 2.62. The third-order valence-corrected chi connectivity index (χ3v) is 7.14. The minimum atomic E-state index is -0.188. The molecule has 1 N–H and O–H groups in total. The number of nitrogens with one attached hydrogen (secondary N) is 1. The van der Waals surface area contributed by atoms with Gasteiger partial charge in [-0.25, -0.2) is 4.39 Å². The van der Waals surface area contributed by atoms with Crippen molar-refractivity contribution in [1.29, 1.82) is 0 Å². The molecule has 0 bridgehead atoms. The Morgan fingerprint density at radius 1 is 1.17 bits per heavy atom. The van der Waals surface area contributed by atoms with Crippen molar-refractivity contribution in [1.82, 2.24) is 9.88 Å². The number of hydrogen-bond acceptors (Lipinski definition) is 1. The van der Waals surface area contributed by atoms with Crippen molar-refractivity contribution in [2.45, 2.75) is 38.3 Å². The van der Waals surface area contributed by atoms with Crippen LogP contribution in [-0.4, -0.2) is 16.5 Å². The van der Waals surface area contributed by atoms with Gasteiger partial charge in [0.15, 0.2) is 0 Å². The van der Waals surface area contributed by atoms with Gasteiger partial charge in [0.2, 0.25) is 0 Å². The van der Waals surface area contributed by atoms with E-state index in [1.165, 1.54) is 6.07 Å². The minimum Gasteiger partial charge on any atom is -0.349 e. The van der Waals surface area contributed by atoms with E-state index in [1.54, 1.807) is 30.3 Å². The second kappa shape index (κ2) is 7.17. The lowest BCUT2D eigenvalue weighted by molar-refractivity contribution is 0.0927. The number of nitrogens with zero attached hydrogens (tertiary/aromatic N) is 1. The molecule has 3 aromatic rings. The summed E-state index contributed by atoms with van der Waals surface area (Å²) < 4.78 is 15.8. The van der Waals surface area contributed by atoms with Crippen molar-refractivity contribution in [2.75, 3.05) is 0 Å². The number of hydrogen-bond donors (Lipinski definition) is 1. The summed E-state index contributed by atoms with van der Waals surface area (Å²) in [6, 6.07) is 14.7. The number of benzene rings is 2. The van der Waals surface area contributed by atoms with Gasteiger partial charge in [0.05, 0.1) is 0 Å². The molecule has 5 rings (SSSR count). The van der Waals surface area contributed by atoms with Gasteiger partial charge in [0.1, 0.15) is 5.82 Å². The van der Waals surface area contributed by atoms with Crippen molar-refractivity contribution in [3.05, 3.63) is 71.1 Å². The molecule has 1 amide bonds. The Morgan fingerprint density at radius 2 is 1.90 bits per heavy atom. The Balaban J connectivity index is 1.25. The van der Waals surface area contributed by atoms with Gasteiger partial charge in [-0.05, 0) is 85.5 Å². The second-order valence-corrected chi connectivity index (χ2v) is 8.89.